The molecule has 0 saturated heterocycles. The SMILES string of the molecule is CCCCN(c1ccc(C(N)=S)cn1)C1CC1. The summed E-state index contributed by atoms with van der Waals surface area (Å²) in [4.78, 5) is 7.30. The maximum Gasteiger partial charge on any atom is 0.128 e. The molecule has 0 atom stereocenters. The van der Waals surface area contributed by atoms with Crippen molar-refractivity contribution in [1.29, 1.82) is 0 Å². The molecule has 0 unspecified atom stereocenters. The van der Waals surface area contributed by atoms with Gasteiger partial charge in [-0.1, -0.05) is 25.6 Å². The van der Waals surface area contributed by atoms with Crippen molar-refractivity contribution >= 4 is 23.0 Å². The third kappa shape index (κ3) is 3.16. The lowest BCUT2D eigenvalue weighted by atomic mass is 10.2. The normalized spacial score (nSPS) is 14.6. The van der Waals surface area contributed by atoms with Gasteiger partial charge < -0.3 is 10.6 Å². The van der Waals surface area contributed by atoms with Crippen molar-refractivity contribution < 1.29 is 0 Å². The fraction of sp³-hybridized carbons (Fsp3) is 0.538. The van der Waals surface area contributed by atoms with Crippen molar-refractivity contribution in [3.63, 3.8) is 0 Å². The monoisotopic (exact) mass is 249 g/mol. The lowest BCUT2D eigenvalue weighted by molar-refractivity contribution is 0.705. The Balaban J connectivity index is 2.09. The zero-order chi connectivity index (χ0) is 12.3. The van der Waals surface area contributed by atoms with Crippen LogP contribution in [-0.4, -0.2) is 22.6 Å². The second-order valence-electron chi connectivity index (χ2n) is 4.55. The third-order valence-electron chi connectivity index (χ3n) is 3.07. The molecule has 1 aromatic heterocycles. The van der Waals surface area contributed by atoms with Crippen LogP contribution < -0.4 is 10.6 Å². The summed E-state index contributed by atoms with van der Waals surface area (Å²) < 4.78 is 0. The first-order valence-electron chi connectivity index (χ1n) is 6.25. The number of rotatable bonds is 6. The van der Waals surface area contributed by atoms with Gasteiger partial charge in [-0.3, -0.25) is 0 Å². The number of aromatic nitrogens is 1. The Morgan fingerprint density at radius 2 is 2.29 bits per heavy atom. The van der Waals surface area contributed by atoms with Crippen LogP contribution in [0.25, 0.3) is 0 Å². The van der Waals surface area contributed by atoms with Crippen LogP contribution in [0.4, 0.5) is 5.82 Å². The van der Waals surface area contributed by atoms with Crippen LogP contribution in [0, 0.1) is 0 Å². The van der Waals surface area contributed by atoms with Crippen molar-refractivity contribution in [3.8, 4) is 0 Å². The summed E-state index contributed by atoms with van der Waals surface area (Å²) in [6.45, 7) is 3.31. The summed E-state index contributed by atoms with van der Waals surface area (Å²) in [5.74, 6) is 1.06. The number of unbranched alkanes of at least 4 members (excludes halogenated alkanes) is 1. The van der Waals surface area contributed by atoms with Crippen molar-refractivity contribution in [3.05, 3.63) is 23.9 Å². The Bertz CT molecular complexity index is 384. The quantitative estimate of drug-likeness (QED) is 0.787. The lowest BCUT2D eigenvalue weighted by Gasteiger charge is -2.23. The van der Waals surface area contributed by atoms with E-state index in [1.165, 1.54) is 25.7 Å². The minimum atomic E-state index is 0.413. The Labute approximate surface area is 108 Å². The van der Waals surface area contributed by atoms with Gasteiger partial charge in [-0.15, -0.1) is 0 Å². The molecule has 0 aromatic carbocycles. The van der Waals surface area contributed by atoms with Crippen molar-refractivity contribution in [2.24, 2.45) is 5.73 Å². The zero-order valence-electron chi connectivity index (χ0n) is 10.2. The number of nitrogens with zero attached hydrogens (tertiary/aromatic N) is 2. The number of thiocarbonyl (C=S) groups is 1. The molecule has 1 aliphatic rings. The molecule has 2 rings (SSSR count). The predicted octanol–water partition coefficient (Wildman–Crippen LogP) is 2.48. The van der Waals surface area contributed by atoms with Gasteiger partial charge in [0.2, 0.25) is 0 Å². The molecule has 1 fully saturated rings. The molecule has 0 bridgehead atoms. The van der Waals surface area contributed by atoms with Crippen LogP contribution in [0.3, 0.4) is 0 Å². The summed E-state index contributed by atoms with van der Waals surface area (Å²) in [6.07, 6.45) is 6.80. The number of hydrogen-bond acceptors (Lipinski definition) is 3. The second kappa shape index (κ2) is 5.45. The van der Waals surface area contributed by atoms with E-state index in [2.05, 4.69) is 16.8 Å². The Kier molecular flexibility index (Phi) is 3.94. The summed E-state index contributed by atoms with van der Waals surface area (Å²) in [5.41, 5.74) is 6.41. The van der Waals surface area contributed by atoms with E-state index in [1.54, 1.807) is 6.20 Å². The van der Waals surface area contributed by atoms with E-state index in [0.29, 0.717) is 11.0 Å². The molecule has 2 N–H and O–H groups in total. The van der Waals surface area contributed by atoms with Gasteiger partial charge in [0.05, 0.1) is 0 Å². The highest BCUT2D eigenvalue weighted by Crippen LogP contribution is 2.30. The van der Waals surface area contributed by atoms with E-state index in [-0.39, 0.29) is 0 Å². The molecule has 92 valence electrons. The third-order valence-corrected chi connectivity index (χ3v) is 3.30. The first kappa shape index (κ1) is 12.3. The van der Waals surface area contributed by atoms with Gasteiger partial charge in [0, 0.05) is 24.3 Å². The smallest absolute Gasteiger partial charge is 0.128 e. The molecule has 1 saturated carbocycles. The Morgan fingerprint density at radius 1 is 1.53 bits per heavy atom. The molecule has 3 nitrogen and oxygen atoms in total. The zero-order valence-corrected chi connectivity index (χ0v) is 11.0. The van der Waals surface area contributed by atoms with Crippen LogP contribution in [0.2, 0.25) is 0 Å². The van der Waals surface area contributed by atoms with E-state index < -0.39 is 0 Å². The molecule has 0 radical (unpaired) electrons. The Hall–Kier alpha value is -1.16. The molecule has 0 spiro atoms. The summed E-state index contributed by atoms with van der Waals surface area (Å²) >= 11 is 4.93. The number of pyridine rings is 1. The van der Waals surface area contributed by atoms with E-state index in [9.17, 15) is 0 Å². The van der Waals surface area contributed by atoms with Crippen LogP contribution in [0.1, 0.15) is 38.2 Å². The maximum absolute atomic E-state index is 5.57. The topological polar surface area (TPSA) is 42.1 Å². The van der Waals surface area contributed by atoms with Crippen molar-refractivity contribution in [2.75, 3.05) is 11.4 Å². The predicted molar refractivity (Wildman–Crippen MR) is 75.4 cm³/mol. The average Bonchev–Trinajstić information content (AvgIpc) is 3.14. The van der Waals surface area contributed by atoms with Gasteiger partial charge in [-0.05, 0) is 31.4 Å². The van der Waals surface area contributed by atoms with Gasteiger partial charge in [0.15, 0.2) is 0 Å². The van der Waals surface area contributed by atoms with E-state index in [4.69, 9.17) is 18.0 Å². The molecular weight excluding hydrogens is 230 g/mol. The summed E-state index contributed by atoms with van der Waals surface area (Å²) in [5, 5.41) is 0. The average molecular weight is 249 g/mol. The van der Waals surface area contributed by atoms with Crippen molar-refractivity contribution in [2.45, 2.75) is 38.6 Å². The highest BCUT2D eigenvalue weighted by Gasteiger charge is 2.29. The fourth-order valence-electron chi connectivity index (χ4n) is 1.90. The van der Waals surface area contributed by atoms with Crippen LogP contribution in [0.15, 0.2) is 18.3 Å². The van der Waals surface area contributed by atoms with Crippen LogP contribution in [-0.2, 0) is 0 Å². The van der Waals surface area contributed by atoms with Crippen LogP contribution >= 0.6 is 12.2 Å². The molecule has 0 amide bonds. The standard InChI is InChI=1S/C13H19N3S/c1-2-3-8-16(11-5-6-11)12-7-4-10(9-15-12)13(14)17/h4,7,9,11H,2-3,5-6,8H2,1H3,(H2,14,17). The fourth-order valence-corrected chi connectivity index (χ4v) is 2.02. The second-order valence-corrected chi connectivity index (χ2v) is 4.99. The number of anilines is 1. The largest absolute Gasteiger partial charge is 0.389 e. The molecule has 1 aliphatic carbocycles. The molecular formula is C13H19N3S. The first-order valence-corrected chi connectivity index (χ1v) is 6.65. The summed E-state index contributed by atoms with van der Waals surface area (Å²) in [7, 11) is 0. The first-order chi connectivity index (χ1) is 8.22. The molecule has 1 aromatic rings. The minimum absolute atomic E-state index is 0.413. The van der Waals surface area contributed by atoms with Gasteiger partial charge in [0.1, 0.15) is 10.8 Å². The van der Waals surface area contributed by atoms with Gasteiger partial charge in [-0.2, -0.15) is 0 Å². The number of nitrogens with two attached hydrogens (primary N) is 1. The molecule has 0 aliphatic heterocycles. The van der Waals surface area contributed by atoms with E-state index >= 15 is 0 Å². The van der Waals surface area contributed by atoms with E-state index in [0.717, 1.165) is 17.9 Å². The van der Waals surface area contributed by atoms with Crippen molar-refractivity contribution in [1.82, 2.24) is 4.98 Å². The van der Waals surface area contributed by atoms with Crippen LogP contribution in [0.5, 0.6) is 0 Å². The Morgan fingerprint density at radius 3 is 2.76 bits per heavy atom. The van der Waals surface area contributed by atoms with Gasteiger partial charge in [0.25, 0.3) is 0 Å². The lowest BCUT2D eigenvalue weighted by Crippen LogP contribution is -2.27. The molecule has 1 heterocycles. The highest BCUT2D eigenvalue weighted by molar-refractivity contribution is 7.80. The highest BCUT2D eigenvalue weighted by atomic mass is 32.1. The molecule has 4 heteroatoms. The van der Waals surface area contributed by atoms with Gasteiger partial charge in [-0.25, -0.2) is 4.98 Å². The molecule has 17 heavy (non-hydrogen) atoms. The minimum Gasteiger partial charge on any atom is -0.389 e. The summed E-state index contributed by atoms with van der Waals surface area (Å²) in [6, 6.07) is 4.69. The van der Waals surface area contributed by atoms with E-state index in [1.807, 2.05) is 12.1 Å². The maximum atomic E-state index is 5.57. The number of hydrogen-bond donors (Lipinski definition) is 1. The van der Waals surface area contributed by atoms with Gasteiger partial charge >= 0.3 is 0 Å².